The van der Waals surface area contributed by atoms with Gasteiger partial charge in [-0.1, -0.05) is 24.3 Å². The average Bonchev–Trinajstić information content (AvgIpc) is 3.14. The number of carbonyl (C=O) groups excluding carboxylic acids is 1. The predicted molar refractivity (Wildman–Crippen MR) is 123 cm³/mol. The highest BCUT2D eigenvalue weighted by Crippen LogP contribution is 2.30. The molecule has 0 fully saturated rings. The number of carbonyl (C=O) groups is 1. The van der Waals surface area contributed by atoms with Gasteiger partial charge in [-0.2, -0.15) is 0 Å². The van der Waals surface area contributed by atoms with Crippen LogP contribution in [0.3, 0.4) is 0 Å². The van der Waals surface area contributed by atoms with Gasteiger partial charge in [0.05, 0.1) is 7.11 Å². The van der Waals surface area contributed by atoms with Crippen LogP contribution in [0.15, 0.2) is 77.4 Å². The molecule has 0 saturated carbocycles. The first kappa shape index (κ1) is 21.0. The highest BCUT2D eigenvalue weighted by atomic mass is 127. The maximum absolute atomic E-state index is 13.4. The number of hydrogen-bond donors (Lipinski definition) is 0. The van der Waals surface area contributed by atoms with Crippen molar-refractivity contribution in [2.45, 2.75) is 6.61 Å². The van der Waals surface area contributed by atoms with Crippen LogP contribution < -0.4 is 9.47 Å². The van der Waals surface area contributed by atoms with E-state index in [1.165, 1.54) is 18.2 Å². The molecule has 1 aliphatic heterocycles. The quantitative estimate of drug-likeness (QED) is 0.245. The van der Waals surface area contributed by atoms with E-state index in [1.807, 2.05) is 24.3 Å². The third-order valence-electron chi connectivity index (χ3n) is 4.49. The van der Waals surface area contributed by atoms with Gasteiger partial charge in [-0.05, 0) is 82.3 Å². The first-order valence-electron chi connectivity index (χ1n) is 9.35. The van der Waals surface area contributed by atoms with Crippen molar-refractivity contribution in [2.24, 2.45) is 4.99 Å². The van der Waals surface area contributed by atoms with E-state index in [0.29, 0.717) is 29.2 Å². The topological polar surface area (TPSA) is 57.1 Å². The third kappa shape index (κ3) is 5.11. The van der Waals surface area contributed by atoms with Crippen LogP contribution in [-0.2, 0) is 16.1 Å². The Balaban J connectivity index is 1.53. The van der Waals surface area contributed by atoms with Crippen LogP contribution in [0.4, 0.5) is 4.39 Å². The summed E-state index contributed by atoms with van der Waals surface area (Å²) in [6, 6.07) is 19.1. The molecular formula is C24H17FINO4. The van der Waals surface area contributed by atoms with E-state index < -0.39 is 11.8 Å². The third-order valence-corrected chi connectivity index (χ3v) is 5.21. The summed E-state index contributed by atoms with van der Waals surface area (Å²) < 4.78 is 31.1. The van der Waals surface area contributed by atoms with Crippen molar-refractivity contribution in [3.05, 3.63) is 98.5 Å². The number of methoxy groups -OCH3 is 1. The zero-order valence-electron chi connectivity index (χ0n) is 16.5. The number of cyclic esters (lactones) is 1. The second kappa shape index (κ2) is 9.30. The summed E-state index contributed by atoms with van der Waals surface area (Å²) in [6.07, 6.45) is 1.58. The molecule has 5 nitrogen and oxygen atoms in total. The van der Waals surface area contributed by atoms with E-state index in [0.717, 1.165) is 9.13 Å². The van der Waals surface area contributed by atoms with Crippen LogP contribution in [0.1, 0.15) is 16.7 Å². The normalized spacial score (nSPS) is 14.4. The minimum atomic E-state index is -0.600. The van der Waals surface area contributed by atoms with Crippen LogP contribution >= 0.6 is 22.6 Å². The van der Waals surface area contributed by atoms with E-state index >= 15 is 0 Å². The summed E-state index contributed by atoms with van der Waals surface area (Å²) in [5.74, 6) is 0.151. The Kier molecular flexibility index (Phi) is 6.31. The van der Waals surface area contributed by atoms with Gasteiger partial charge in [-0.25, -0.2) is 14.2 Å². The fourth-order valence-electron chi connectivity index (χ4n) is 2.95. The highest BCUT2D eigenvalue weighted by Gasteiger charge is 2.24. The molecule has 0 saturated heterocycles. The van der Waals surface area contributed by atoms with E-state index in [2.05, 4.69) is 27.6 Å². The number of aliphatic imine (C=N–C) groups is 1. The summed E-state index contributed by atoms with van der Waals surface area (Å²) in [6.45, 7) is 0.404. The van der Waals surface area contributed by atoms with Gasteiger partial charge in [0.2, 0.25) is 5.90 Å². The lowest BCUT2D eigenvalue weighted by Crippen LogP contribution is -2.05. The van der Waals surface area contributed by atoms with Gasteiger partial charge in [-0.15, -0.1) is 0 Å². The smallest absolute Gasteiger partial charge is 0.363 e. The van der Waals surface area contributed by atoms with Gasteiger partial charge >= 0.3 is 5.97 Å². The number of halogens is 2. The van der Waals surface area contributed by atoms with Crippen LogP contribution in [0.5, 0.6) is 11.5 Å². The number of ether oxygens (including phenoxy) is 3. The van der Waals surface area contributed by atoms with Crippen LogP contribution in [0.2, 0.25) is 0 Å². The van der Waals surface area contributed by atoms with E-state index in [1.54, 1.807) is 37.5 Å². The zero-order valence-corrected chi connectivity index (χ0v) is 18.6. The van der Waals surface area contributed by atoms with E-state index in [4.69, 9.17) is 14.2 Å². The molecule has 0 radical (unpaired) electrons. The molecule has 7 heteroatoms. The highest BCUT2D eigenvalue weighted by molar-refractivity contribution is 14.1. The minimum absolute atomic E-state index is 0.0696. The molecule has 0 unspecified atom stereocenters. The lowest BCUT2D eigenvalue weighted by molar-refractivity contribution is -0.129. The summed E-state index contributed by atoms with van der Waals surface area (Å²) in [5, 5.41) is 0. The molecule has 1 aliphatic rings. The van der Waals surface area contributed by atoms with E-state index in [-0.39, 0.29) is 11.6 Å². The van der Waals surface area contributed by atoms with Gasteiger partial charge in [0, 0.05) is 9.13 Å². The van der Waals surface area contributed by atoms with Crippen molar-refractivity contribution >= 4 is 40.5 Å². The number of esters is 1. The fourth-order valence-corrected chi connectivity index (χ4v) is 3.31. The number of benzene rings is 3. The monoisotopic (exact) mass is 529 g/mol. The van der Waals surface area contributed by atoms with Crippen molar-refractivity contribution in [2.75, 3.05) is 7.11 Å². The molecule has 156 valence electrons. The summed E-state index contributed by atoms with van der Waals surface area (Å²) in [7, 11) is 1.55. The molecule has 3 aromatic carbocycles. The molecular weight excluding hydrogens is 512 g/mol. The fraction of sp³-hybridized carbons (Fsp3) is 0.0833. The first-order chi connectivity index (χ1) is 15.0. The van der Waals surface area contributed by atoms with Crippen molar-refractivity contribution in [3.8, 4) is 11.5 Å². The Morgan fingerprint density at radius 1 is 1.06 bits per heavy atom. The van der Waals surface area contributed by atoms with Crippen molar-refractivity contribution in [1.82, 2.24) is 0 Å². The van der Waals surface area contributed by atoms with Crippen molar-refractivity contribution in [1.29, 1.82) is 0 Å². The molecule has 0 aliphatic carbocycles. The molecule has 0 aromatic heterocycles. The van der Waals surface area contributed by atoms with E-state index in [9.17, 15) is 9.18 Å². The summed E-state index contributed by atoms with van der Waals surface area (Å²) in [5.41, 5.74) is 2.25. The first-order valence-corrected chi connectivity index (χ1v) is 10.4. The number of nitrogens with zero attached hydrogens (tertiary/aromatic N) is 1. The van der Waals surface area contributed by atoms with Gasteiger partial charge < -0.3 is 14.2 Å². The number of hydrogen-bond acceptors (Lipinski definition) is 5. The Labute approximate surface area is 192 Å². The molecule has 31 heavy (non-hydrogen) atoms. The maximum atomic E-state index is 13.4. The van der Waals surface area contributed by atoms with Gasteiger partial charge in [0.1, 0.15) is 12.4 Å². The largest absolute Gasteiger partial charge is 0.493 e. The Bertz CT molecular complexity index is 1190. The average molecular weight is 529 g/mol. The predicted octanol–water partition coefficient (Wildman–Crippen LogP) is 5.36. The van der Waals surface area contributed by atoms with Gasteiger partial charge in [-0.3, -0.25) is 0 Å². The maximum Gasteiger partial charge on any atom is 0.363 e. The number of rotatable bonds is 6. The SMILES string of the molecule is COc1cc(/C=C2\N=C(c3cccc(F)c3)OC2=O)ccc1OCc1ccc(I)cc1. The second-order valence-electron chi connectivity index (χ2n) is 6.67. The van der Waals surface area contributed by atoms with Crippen molar-refractivity contribution < 1.29 is 23.4 Å². The van der Waals surface area contributed by atoms with Crippen LogP contribution in [0.25, 0.3) is 6.08 Å². The van der Waals surface area contributed by atoms with Crippen LogP contribution in [0, 0.1) is 9.39 Å². The minimum Gasteiger partial charge on any atom is -0.493 e. The summed E-state index contributed by atoms with van der Waals surface area (Å²) in [4.78, 5) is 16.4. The van der Waals surface area contributed by atoms with Crippen LogP contribution in [-0.4, -0.2) is 19.0 Å². The molecule has 0 bridgehead atoms. The Hall–Kier alpha value is -3.20. The molecule has 0 amide bonds. The van der Waals surface area contributed by atoms with Gasteiger partial charge in [0.15, 0.2) is 17.2 Å². The Morgan fingerprint density at radius 3 is 2.61 bits per heavy atom. The lowest BCUT2D eigenvalue weighted by Gasteiger charge is -2.11. The lowest BCUT2D eigenvalue weighted by atomic mass is 10.1. The second-order valence-corrected chi connectivity index (χ2v) is 7.92. The Morgan fingerprint density at radius 2 is 1.87 bits per heavy atom. The molecule has 0 N–H and O–H groups in total. The van der Waals surface area contributed by atoms with Gasteiger partial charge in [0.25, 0.3) is 0 Å². The standard InChI is InChI=1S/C24H17FINO4/c1-29-22-12-16(7-10-21(22)30-14-15-5-8-19(26)9-6-15)11-20-24(28)31-23(27-20)17-3-2-4-18(25)13-17/h2-13H,14H2,1H3/b20-11-. The molecule has 0 atom stereocenters. The molecule has 1 heterocycles. The summed E-state index contributed by atoms with van der Waals surface area (Å²) >= 11 is 2.25. The zero-order chi connectivity index (χ0) is 21.8. The molecule has 4 rings (SSSR count). The molecule has 0 spiro atoms. The van der Waals surface area contributed by atoms with Crippen molar-refractivity contribution in [3.63, 3.8) is 0 Å². The molecule has 3 aromatic rings.